The molecule has 0 aliphatic heterocycles. The van der Waals surface area contributed by atoms with E-state index < -0.39 is 5.97 Å². The number of nitrogens with zero attached hydrogens (tertiary/aromatic N) is 3. The van der Waals surface area contributed by atoms with E-state index in [1.807, 2.05) is 0 Å². The van der Waals surface area contributed by atoms with Crippen molar-refractivity contribution in [3.05, 3.63) is 72.3 Å². The summed E-state index contributed by atoms with van der Waals surface area (Å²) >= 11 is 0. The van der Waals surface area contributed by atoms with Crippen molar-refractivity contribution < 1.29 is 14.7 Å². The Morgan fingerprint density at radius 1 is 0.957 bits per heavy atom. The van der Waals surface area contributed by atoms with Crippen LogP contribution in [0.25, 0.3) is 5.69 Å². The minimum Gasteiger partial charge on any atom is -0.545 e. The third-order valence-corrected chi connectivity index (χ3v) is 3.20. The van der Waals surface area contributed by atoms with Gasteiger partial charge in [0.2, 0.25) is 0 Å². The molecular weight excluding hydrogens is 296 g/mol. The van der Waals surface area contributed by atoms with Crippen LogP contribution in [0.4, 0.5) is 5.69 Å². The number of carboxylic acids is 1. The lowest BCUT2D eigenvalue weighted by atomic mass is 10.1. The molecule has 0 aliphatic carbocycles. The highest BCUT2D eigenvalue weighted by Crippen LogP contribution is 2.13. The van der Waals surface area contributed by atoms with E-state index in [-0.39, 0.29) is 11.5 Å². The molecule has 0 aliphatic rings. The summed E-state index contributed by atoms with van der Waals surface area (Å²) in [4.78, 5) is 23.0. The number of carbonyl (C=O) groups excluding carboxylic acids is 2. The number of amides is 1. The van der Waals surface area contributed by atoms with E-state index in [0.717, 1.165) is 5.69 Å². The van der Waals surface area contributed by atoms with Crippen molar-refractivity contribution in [3.8, 4) is 5.69 Å². The first-order chi connectivity index (χ1) is 11.1. The van der Waals surface area contributed by atoms with Crippen LogP contribution in [0.1, 0.15) is 20.7 Å². The van der Waals surface area contributed by atoms with Crippen LogP contribution >= 0.6 is 0 Å². The van der Waals surface area contributed by atoms with Gasteiger partial charge in [0, 0.05) is 16.9 Å². The summed E-state index contributed by atoms with van der Waals surface area (Å²) in [6.07, 6.45) is 3.11. The summed E-state index contributed by atoms with van der Waals surface area (Å²) in [6.45, 7) is 0. The Labute approximate surface area is 131 Å². The van der Waals surface area contributed by atoms with Crippen LogP contribution in [0, 0.1) is 0 Å². The number of hydrogen-bond donors (Lipinski definition) is 1. The highest BCUT2D eigenvalue weighted by atomic mass is 16.4. The number of hydrogen-bond acceptors (Lipinski definition) is 5. The zero-order valence-electron chi connectivity index (χ0n) is 11.8. The first-order valence-electron chi connectivity index (χ1n) is 6.71. The van der Waals surface area contributed by atoms with Gasteiger partial charge in [0.1, 0.15) is 12.7 Å². The number of nitrogens with one attached hydrogen (secondary N) is 1. The summed E-state index contributed by atoms with van der Waals surface area (Å²) in [7, 11) is 0. The molecule has 1 N–H and O–H groups in total. The number of aromatic carboxylic acids is 1. The molecule has 0 atom stereocenters. The van der Waals surface area contributed by atoms with Gasteiger partial charge < -0.3 is 15.2 Å². The number of aromatic nitrogens is 3. The van der Waals surface area contributed by atoms with Crippen LogP contribution in [0.2, 0.25) is 0 Å². The standard InChI is InChI=1S/C16H12N4O3/c21-15(19-13-3-1-2-12(8-13)16(22)23)11-4-6-14(7-5-11)20-9-17-18-10-20/h1-10H,(H,19,21)(H,22,23)/p-1. The van der Waals surface area contributed by atoms with Crippen molar-refractivity contribution in [1.82, 2.24) is 14.8 Å². The zero-order valence-corrected chi connectivity index (χ0v) is 11.8. The van der Waals surface area contributed by atoms with Gasteiger partial charge in [-0.05, 0) is 42.0 Å². The van der Waals surface area contributed by atoms with Gasteiger partial charge >= 0.3 is 0 Å². The van der Waals surface area contributed by atoms with Gasteiger partial charge in [0.25, 0.3) is 5.91 Å². The van der Waals surface area contributed by atoms with E-state index in [0.29, 0.717) is 11.3 Å². The lowest BCUT2D eigenvalue weighted by Crippen LogP contribution is -2.22. The van der Waals surface area contributed by atoms with Crippen molar-refractivity contribution in [3.63, 3.8) is 0 Å². The molecule has 1 amide bonds. The fourth-order valence-electron chi connectivity index (χ4n) is 2.05. The van der Waals surface area contributed by atoms with Gasteiger partial charge in [-0.15, -0.1) is 10.2 Å². The van der Waals surface area contributed by atoms with Gasteiger partial charge in [0.15, 0.2) is 0 Å². The average Bonchev–Trinajstić information content (AvgIpc) is 3.09. The molecule has 0 radical (unpaired) electrons. The monoisotopic (exact) mass is 307 g/mol. The maximum Gasteiger partial charge on any atom is 0.255 e. The van der Waals surface area contributed by atoms with Crippen LogP contribution < -0.4 is 10.4 Å². The third-order valence-electron chi connectivity index (χ3n) is 3.20. The minimum atomic E-state index is -1.29. The number of carboxylic acid groups (broad SMARTS) is 1. The highest BCUT2D eigenvalue weighted by molar-refractivity contribution is 6.04. The largest absolute Gasteiger partial charge is 0.545 e. The van der Waals surface area contributed by atoms with Crippen LogP contribution in [0.15, 0.2) is 61.2 Å². The molecule has 0 saturated carbocycles. The smallest absolute Gasteiger partial charge is 0.255 e. The number of benzene rings is 2. The minimum absolute atomic E-state index is 0.00533. The van der Waals surface area contributed by atoms with Crippen molar-refractivity contribution in [2.45, 2.75) is 0 Å². The Morgan fingerprint density at radius 3 is 2.30 bits per heavy atom. The van der Waals surface area contributed by atoms with Crippen LogP contribution in [-0.4, -0.2) is 26.6 Å². The molecule has 2 aromatic carbocycles. The second kappa shape index (κ2) is 6.10. The Hall–Kier alpha value is -3.48. The Kier molecular flexibility index (Phi) is 3.84. The molecule has 3 rings (SSSR count). The number of anilines is 1. The first-order valence-corrected chi connectivity index (χ1v) is 6.71. The topological polar surface area (TPSA) is 99.9 Å². The molecule has 7 nitrogen and oxygen atoms in total. The summed E-state index contributed by atoms with van der Waals surface area (Å²) in [5, 5.41) is 20.9. The van der Waals surface area contributed by atoms with E-state index in [9.17, 15) is 14.7 Å². The summed E-state index contributed by atoms with van der Waals surface area (Å²) in [5.74, 6) is -1.63. The van der Waals surface area contributed by atoms with Gasteiger partial charge in [0.05, 0.1) is 5.97 Å². The SMILES string of the molecule is O=C([O-])c1cccc(NC(=O)c2ccc(-n3cnnc3)cc2)c1. The molecule has 23 heavy (non-hydrogen) atoms. The molecular formula is C16H11N4O3-. The number of rotatable bonds is 4. The predicted octanol–water partition coefficient (Wildman–Crippen LogP) is 0.883. The molecule has 0 unspecified atom stereocenters. The van der Waals surface area contributed by atoms with Crippen molar-refractivity contribution in [2.75, 3.05) is 5.32 Å². The van der Waals surface area contributed by atoms with Crippen molar-refractivity contribution in [2.24, 2.45) is 0 Å². The zero-order chi connectivity index (χ0) is 16.2. The second-order valence-corrected chi connectivity index (χ2v) is 4.74. The van der Waals surface area contributed by atoms with E-state index >= 15 is 0 Å². The Morgan fingerprint density at radius 2 is 1.65 bits per heavy atom. The highest BCUT2D eigenvalue weighted by Gasteiger charge is 2.07. The van der Waals surface area contributed by atoms with Crippen LogP contribution in [0.5, 0.6) is 0 Å². The predicted molar refractivity (Wildman–Crippen MR) is 80.1 cm³/mol. The van der Waals surface area contributed by atoms with E-state index in [2.05, 4.69) is 15.5 Å². The molecule has 114 valence electrons. The lowest BCUT2D eigenvalue weighted by molar-refractivity contribution is -0.255. The molecule has 0 fully saturated rings. The third kappa shape index (κ3) is 3.24. The van der Waals surface area contributed by atoms with Gasteiger partial charge in [-0.3, -0.25) is 9.36 Å². The molecule has 0 bridgehead atoms. The fourth-order valence-corrected chi connectivity index (χ4v) is 2.05. The molecule has 3 aromatic rings. The Bertz CT molecular complexity index is 842. The maximum absolute atomic E-state index is 12.2. The number of carbonyl (C=O) groups is 2. The summed E-state index contributed by atoms with van der Waals surface area (Å²) in [6, 6.07) is 12.7. The second-order valence-electron chi connectivity index (χ2n) is 4.74. The fraction of sp³-hybridized carbons (Fsp3) is 0. The molecule has 1 aromatic heterocycles. The molecule has 0 saturated heterocycles. The summed E-state index contributed by atoms with van der Waals surface area (Å²) < 4.78 is 1.71. The molecule has 7 heteroatoms. The lowest BCUT2D eigenvalue weighted by Gasteiger charge is -2.08. The van der Waals surface area contributed by atoms with E-state index in [1.165, 1.54) is 18.2 Å². The molecule has 1 heterocycles. The van der Waals surface area contributed by atoms with Crippen molar-refractivity contribution >= 4 is 17.6 Å². The van der Waals surface area contributed by atoms with Gasteiger partial charge in [-0.2, -0.15) is 0 Å². The first kappa shape index (κ1) is 14.5. The quantitative estimate of drug-likeness (QED) is 0.771. The molecule has 0 spiro atoms. The maximum atomic E-state index is 12.2. The van der Waals surface area contributed by atoms with E-state index in [1.54, 1.807) is 47.6 Å². The van der Waals surface area contributed by atoms with Crippen LogP contribution in [-0.2, 0) is 0 Å². The normalized spacial score (nSPS) is 10.3. The van der Waals surface area contributed by atoms with Gasteiger partial charge in [-0.1, -0.05) is 12.1 Å². The van der Waals surface area contributed by atoms with Crippen molar-refractivity contribution in [1.29, 1.82) is 0 Å². The van der Waals surface area contributed by atoms with Crippen LogP contribution in [0.3, 0.4) is 0 Å². The summed E-state index contributed by atoms with van der Waals surface area (Å²) in [5.41, 5.74) is 1.66. The van der Waals surface area contributed by atoms with E-state index in [4.69, 9.17) is 0 Å². The van der Waals surface area contributed by atoms with Gasteiger partial charge in [-0.25, -0.2) is 0 Å². The average molecular weight is 307 g/mol. The Balaban J connectivity index is 1.76.